The van der Waals surface area contributed by atoms with E-state index in [1.165, 1.54) is 0 Å². The van der Waals surface area contributed by atoms with E-state index in [0.717, 1.165) is 71.8 Å². The van der Waals surface area contributed by atoms with Crippen molar-refractivity contribution < 1.29 is 34.3 Å². The second kappa shape index (κ2) is 18.0. The van der Waals surface area contributed by atoms with Crippen LogP contribution in [0.15, 0.2) is 97.1 Å². The predicted molar refractivity (Wildman–Crippen MR) is 198 cm³/mol. The first-order valence-corrected chi connectivity index (χ1v) is 17.9. The van der Waals surface area contributed by atoms with Gasteiger partial charge in [-0.05, 0) is 46.4 Å². The van der Waals surface area contributed by atoms with Gasteiger partial charge in [-0.1, -0.05) is 72.8 Å². The van der Waals surface area contributed by atoms with Crippen molar-refractivity contribution in [2.45, 2.75) is 57.3 Å². The van der Waals surface area contributed by atoms with Crippen LogP contribution in [-0.4, -0.2) is 70.8 Å². The smallest absolute Gasteiger partial charge is 0.269 e. The minimum atomic E-state index is -0.603. The van der Waals surface area contributed by atoms with Crippen LogP contribution in [0.4, 0.5) is 11.4 Å². The van der Waals surface area contributed by atoms with E-state index < -0.39 is 12.2 Å². The molecule has 3 atom stereocenters. The van der Waals surface area contributed by atoms with Gasteiger partial charge in [-0.3, -0.25) is 29.8 Å². The monoisotopic (exact) mass is 723 g/mol. The average molecular weight is 724 g/mol. The maximum Gasteiger partial charge on any atom is 0.269 e. The Morgan fingerprint density at radius 1 is 0.830 bits per heavy atom. The van der Waals surface area contributed by atoms with Crippen molar-refractivity contribution in [3.63, 3.8) is 0 Å². The highest BCUT2D eigenvalue weighted by Gasteiger charge is 2.34. The van der Waals surface area contributed by atoms with Crippen LogP contribution in [0.2, 0.25) is 0 Å². The summed E-state index contributed by atoms with van der Waals surface area (Å²) in [6.45, 7) is 4.28. The summed E-state index contributed by atoms with van der Waals surface area (Å²) >= 11 is 0. The van der Waals surface area contributed by atoms with Crippen molar-refractivity contribution >= 4 is 23.2 Å². The third-order valence-electron chi connectivity index (χ3n) is 9.79. The second-order valence-electron chi connectivity index (χ2n) is 13.4. The van der Waals surface area contributed by atoms with E-state index in [0.29, 0.717) is 19.4 Å². The molecular formula is C40H45N5O8. The third-order valence-corrected chi connectivity index (χ3v) is 9.79. The number of nitro benzene ring substituents is 1. The minimum Gasteiger partial charge on any atom is -0.392 e. The number of nitrogens with zero attached hydrogens (tertiary/aromatic N) is 3. The summed E-state index contributed by atoms with van der Waals surface area (Å²) in [7, 11) is 0. The Morgan fingerprint density at radius 3 is 2.19 bits per heavy atom. The number of hydrogen-bond acceptors (Lipinski definition) is 10. The molecule has 4 aromatic carbocycles. The zero-order chi connectivity index (χ0) is 37.2. The standard InChI is InChI=1S/C40H45N5O8/c46-27-28-8-10-30(11-9-28)37-24-35(26-43-20-22-44(23-21-43)33-16-18-34(19-17-33)45(50)51)52-40(53-37)31-14-12-29(13-15-31)36-5-2-1-4-32(36)25-41-38(47)6-3-7-39(48)42-49/h1-2,4-5,8-19,35,37,40,46,49H,3,6-7,20-27H2,(H,41,47)(H,42,48)/t35-,37+,40+/m1/s1. The molecule has 0 aromatic heterocycles. The topological polar surface area (TPSA) is 167 Å². The molecule has 0 spiro atoms. The van der Waals surface area contributed by atoms with Crippen LogP contribution in [-0.2, 0) is 32.2 Å². The molecule has 4 N–H and O–H groups in total. The predicted octanol–water partition coefficient (Wildman–Crippen LogP) is 5.41. The summed E-state index contributed by atoms with van der Waals surface area (Å²) in [5.74, 6) is -0.691. The Bertz CT molecular complexity index is 1830. The van der Waals surface area contributed by atoms with Gasteiger partial charge in [-0.2, -0.15) is 0 Å². The number of benzene rings is 4. The molecule has 53 heavy (non-hydrogen) atoms. The molecule has 0 saturated carbocycles. The number of amides is 2. The van der Waals surface area contributed by atoms with Crippen molar-refractivity contribution in [3.8, 4) is 11.1 Å². The van der Waals surface area contributed by atoms with E-state index in [1.807, 2.05) is 84.9 Å². The molecular weight excluding hydrogens is 678 g/mol. The molecule has 2 aliphatic heterocycles. The number of carbonyl (C=O) groups excluding carboxylic acids is 2. The summed E-state index contributed by atoms with van der Waals surface area (Å²) in [5, 5.41) is 32.2. The summed E-state index contributed by atoms with van der Waals surface area (Å²) < 4.78 is 13.2. The minimum absolute atomic E-state index is 0.0284. The Labute approximate surface area is 308 Å². The lowest BCUT2D eigenvalue weighted by Crippen LogP contribution is -2.49. The Hall–Kier alpha value is -5.18. The number of rotatable bonds is 14. The SMILES string of the molecule is O=C(CCCC(=O)NCc1ccccc1-c1ccc([C@H]2O[C@@H](CN3CCN(c4ccc([N+](=O)[O-])cc4)CC3)C[C@@H](c3ccc(CO)cc3)O2)cc1)NO. The first-order chi connectivity index (χ1) is 25.8. The van der Waals surface area contributed by atoms with Crippen molar-refractivity contribution in [1.29, 1.82) is 0 Å². The Balaban J connectivity index is 1.11. The summed E-state index contributed by atoms with van der Waals surface area (Å²) in [5.41, 5.74) is 8.29. The van der Waals surface area contributed by atoms with Gasteiger partial charge >= 0.3 is 0 Å². The van der Waals surface area contributed by atoms with Crippen LogP contribution in [0.5, 0.6) is 0 Å². The molecule has 13 heteroatoms. The lowest BCUT2D eigenvalue weighted by Gasteiger charge is -2.41. The van der Waals surface area contributed by atoms with Gasteiger partial charge in [0, 0.05) is 81.9 Å². The van der Waals surface area contributed by atoms with Crippen LogP contribution < -0.4 is 15.7 Å². The molecule has 6 rings (SSSR count). The molecule has 0 unspecified atom stereocenters. The number of carbonyl (C=O) groups is 2. The molecule has 4 aromatic rings. The first-order valence-electron chi connectivity index (χ1n) is 17.9. The molecule has 0 bridgehead atoms. The molecule has 0 radical (unpaired) electrons. The fourth-order valence-corrected chi connectivity index (χ4v) is 6.82. The molecule has 2 amide bonds. The van der Waals surface area contributed by atoms with Gasteiger partial charge in [0.25, 0.3) is 5.69 Å². The van der Waals surface area contributed by atoms with E-state index in [2.05, 4.69) is 15.1 Å². The van der Waals surface area contributed by atoms with Crippen LogP contribution in [0.1, 0.15) is 60.3 Å². The van der Waals surface area contributed by atoms with Gasteiger partial charge in [-0.15, -0.1) is 0 Å². The number of aliphatic hydroxyl groups is 1. The van der Waals surface area contributed by atoms with Crippen LogP contribution in [0, 0.1) is 10.1 Å². The number of piperazine rings is 1. The summed E-state index contributed by atoms with van der Waals surface area (Å²) in [6.07, 6.45) is 0.333. The number of ether oxygens (including phenoxy) is 2. The van der Waals surface area contributed by atoms with Gasteiger partial charge in [-0.25, -0.2) is 5.48 Å². The van der Waals surface area contributed by atoms with Gasteiger partial charge in [0.2, 0.25) is 11.8 Å². The molecule has 2 aliphatic rings. The molecule has 278 valence electrons. The second-order valence-corrected chi connectivity index (χ2v) is 13.4. The van der Waals surface area contributed by atoms with Crippen molar-refractivity contribution in [2.75, 3.05) is 37.6 Å². The number of aliphatic hydroxyl groups excluding tert-OH is 1. The maximum atomic E-state index is 12.4. The van der Waals surface area contributed by atoms with Crippen molar-refractivity contribution in [1.82, 2.24) is 15.7 Å². The number of nitrogens with one attached hydrogen (secondary N) is 2. The van der Waals surface area contributed by atoms with Gasteiger partial charge in [0.15, 0.2) is 6.29 Å². The zero-order valence-electron chi connectivity index (χ0n) is 29.4. The van der Waals surface area contributed by atoms with E-state index in [9.17, 15) is 24.8 Å². The molecule has 2 saturated heterocycles. The largest absolute Gasteiger partial charge is 0.392 e. The number of hydroxylamine groups is 1. The fourth-order valence-electron chi connectivity index (χ4n) is 6.82. The van der Waals surface area contributed by atoms with Crippen LogP contribution >= 0.6 is 0 Å². The third kappa shape index (κ3) is 10.0. The highest BCUT2D eigenvalue weighted by atomic mass is 16.7. The highest BCUT2D eigenvalue weighted by Crippen LogP contribution is 2.39. The molecule has 0 aliphatic carbocycles. The quantitative estimate of drug-likeness (QED) is 0.0751. The average Bonchev–Trinajstić information content (AvgIpc) is 3.20. The molecule has 13 nitrogen and oxygen atoms in total. The summed E-state index contributed by atoms with van der Waals surface area (Å²) in [4.78, 5) is 39.0. The highest BCUT2D eigenvalue weighted by molar-refractivity contribution is 5.78. The van der Waals surface area contributed by atoms with E-state index in [4.69, 9.17) is 14.7 Å². The normalized spacial score (nSPS) is 19.1. The van der Waals surface area contributed by atoms with E-state index >= 15 is 0 Å². The lowest BCUT2D eigenvalue weighted by atomic mass is 9.97. The number of anilines is 1. The van der Waals surface area contributed by atoms with Crippen LogP contribution in [0.25, 0.3) is 11.1 Å². The zero-order valence-corrected chi connectivity index (χ0v) is 29.4. The number of nitro groups is 1. The van der Waals surface area contributed by atoms with Gasteiger partial charge in [0.1, 0.15) is 0 Å². The number of non-ortho nitro benzene ring substituents is 1. The van der Waals surface area contributed by atoms with E-state index in [-0.39, 0.29) is 48.2 Å². The Kier molecular flexibility index (Phi) is 12.8. The Morgan fingerprint density at radius 2 is 1.51 bits per heavy atom. The molecule has 2 fully saturated rings. The lowest BCUT2D eigenvalue weighted by molar-refractivity contribution is -0.384. The molecule has 2 heterocycles. The van der Waals surface area contributed by atoms with Crippen molar-refractivity contribution in [3.05, 3.63) is 129 Å². The van der Waals surface area contributed by atoms with E-state index in [1.54, 1.807) is 17.6 Å². The van der Waals surface area contributed by atoms with Gasteiger partial charge < -0.3 is 24.8 Å². The first kappa shape index (κ1) is 37.6. The maximum absolute atomic E-state index is 12.4. The summed E-state index contributed by atoms with van der Waals surface area (Å²) in [6, 6.07) is 30.5. The van der Waals surface area contributed by atoms with Crippen molar-refractivity contribution in [2.24, 2.45) is 0 Å². The van der Waals surface area contributed by atoms with Crippen LogP contribution in [0.3, 0.4) is 0 Å². The fraction of sp³-hybridized carbons (Fsp3) is 0.350. The number of hydrogen-bond donors (Lipinski definition) is 4. The van der Waals surface area contributed by atoms with Gasteiger partial charge in [0.05, 0.1) is 23.7 Å².